The fourth-order valence-corrected chi connectivity index (χ4v) is 1.64. The molecule has 1 saturated heterocycles. The van der Waals surface area contributed by atoms with E-state index in [0.29, 0.717) is 17.6 Å². The van der Waals surface area contributed by atoms with Gasteiger partial charge in [-0.25, -0.2) is 0 Å². The minimum absolute atomic E-state index is 0.0406. The van der Waals surface area contributed by atoms with Crippen LogP contribution in [0.2, 0.25) is 0 Å². The first kappa shape index (κ1) is 10.6. The lowest BCUT2D eigenvalue weighted by molar-refractivity contribution is -0.0566. The quantitative estimate of drug-likeness (QED) is 0.660. The molecule has 0 bridgehead atoms. The Morgan fingerprint density at radius 2 is 2.07 bits per heavy atom. The minimum Gasteiger partial charge on any atom is -0.423 e. The second kappa shape index (κ2) is 4.32. The molecule has 1 aliphatic rings. The standard InChI is InChI=1S/C10H13BO4/c1-7-6-14-10(15-7)8-4-2-3-5-9(8)11(12)13/h2-5,7,10,12-13H,6H2,1H3. The Morgan fingerprint density at radius 3 is 2.67 bits per heavy atom. The second-order valence-corrected chi connectivity index (χ2v) is 3.61. The van der Waals surface area contributed by atoms with Crippen LogP contribution in [0, 0.1) is 0 Å². The monoisotopic (exact) mass is 208 g/mol. The minimum atomic E-state index is -1.50. The van der Waals surface area contributed by atoms with Crippen molar-refractivity contribution in [2.75, 3.05) is 6.61 Å². The van der Waals surface area contributed by atoms with Crippen LogP contribution in [0.3, 0.4) is 0 Å². The van der Waals surface area contributed by atoms with Crippen molar-refractivity contribution in [1.82, 2.24) is 0 Å². The zero-order valence-electron chi connectivity index (χ0n) is 8.46. The summed E-state index contributed by atoms with van der Waals surface area (Å²) in [5.41, 5.74) is 1.11. The third kappa shape index (κ3) is 2.21. The van der Waals surface area contributed by atoms with E-state index in [2.05, 4.69) is 0 Å². The van der Waals surface area contributed by atoms with Gasteiger partial charge >= 0.3 is 7.12 Å². The van der Waals surface area contributed by atoms with Crippen molar-refractivity contribution >= 4 is 12.6 Å². The normalized spacial score (nSPS) is 25.5. The summed E-state index contributed by atoms with van der Waals surface area (Å²) in [7, 11) is -1.50. The van der Waals surface area contributed by atoms with E-state index in [0.717, 1.165) is 0 Å². The van der Waals surface area contributed by atoms with Crippen LogP contribution in [-0.4, -0.2) is 29.9 Å². The molecule has 1 aliphatic heterocycles. The Hall–Kier alpha value is -0.875. The smallest absolute Gasteiger partial charge is 0.423 e. The molecule has 2 unspecified atom stereocenters. The third-order valence-corrected chi connectivity index (χ3v) is 2.37. The molecule has 0 spiro atoms. The molecule has 2 atom stereocenters. The number of rotatable bonds is 2. The molecule has 0 aliphatic carbocycles. The lowest BCUT2D eigenvalue weighted by Crippen LogP contribution is -2.34. The first-order valence-corrected chi connectivity index (χ1v) is 4.90. The van der Waals surface area contributed by atoms with Crippen LogP contribution in [-0.2, 0) is 9.47 Å². The summed E-state index contributed by atoms with van der Waals surface area (Å²) in [6.45, 7) is 2.44. The van der Waals surface area contributed by atoms with Crippen LogP contribution in [0.1, 0.15) is 18.8 Å². The molecule has 80 valence electrons. The molecule has 2 N–H and O–H groups in total. The van der Waals surface area contributed by atoms with E-state index in [9.17, 15) is 10.0 Å². The van der Waals surface area contributed by atoms with Gasteiger partial charge in [-0.05, 0) is 12.4 Å². The fourth-order valence-electron chi connectivity index (χ4n) is 1.64. The van der Waals surface area contributed by atoms with Crippen LogP contribution in [0.25, 0.3) is 0 Å². The molecule has 4 nitrogen and oxygen atoms in total. The van der Waals surface area contributed by atoms with Gasteiger partial charge in [0.1, 0.15) is 0 Å². The van der Waals surface area contributed by atoms with Gasteiger partial charge in [0.05, 0.1) is 12.7 Å². The summed E-state index contributed by atoms with van der Waals surface area (Å²) < 4.78 is 10.9. The number of hydrogen-bond acceptors (Lipinski definition) is 4. The molecule has 0 radical (unpaired) electrons. The predicted octanol–water partition coefficient (Wildman–Crippen LogP) is -0.200. The molecule has 0 aromatic heterocycles. The van der Waals surface area contributed by atoms with Gasteiger partial charge in [-0.15, -0.1) is 0 Å². The SMILES string of the molecule is CC1COC(c2ccccc2B(O)O)O1. The van der Waals surface area contributed by atoms with E-state index in [1.165, 1.54) is 0 Å². The highest BCUT2D eigenvalue weighted by Gasteiger charge is 2.28. The van der Waals surface area contributed by atoms with E-state index in [-0.39, 0.29) is 6.10 Å². The topological polar surface area (TPSA) is 58.9 Å². The van der Waals surface area contributed by atoms with Crippen LogP contribution >= 0.6 is 0 Å². The van der Waals surface area contributed by atoms with Crippen molar-refractivity contribution in [2.24, 2.45) is 0 Å². The summed E-state index contributed by atoms with van der Waals surface area (Å²) in [6.07, 6.45) is -0.447. The zero-order chi connectivity index (χ0) is 10.8. The Kier molecular flexibility index (Phi) is 3.07. The molecule has 15 heavy (non-hydrogen) atoms. The van der Waals surface area contributed by atoms with Gasteiger partial charge in [0.2, 0.25) is 0 Å². The fraction of sp³-hybridized carbons (Fsp3) is 0.400. The summed E-state index contributed by atoms with van der Waals surface area (Å²) in [4.78, 5) is 0. The van der Waals surface area contributed by atoms with Crippen LogP contribution < -0.4 is 5.46 Å². The largest absolute Gasteiger partial charge is 0.488 e. The summed E-state index contributed by atoms with van der Waals surface area (Å²) in [6, 6.07) is 6.99. The van der Waals surface area contributed by atoms with E-state index >= 15 is 0 Å². The molecule has 1 fully saturated rings. The average Bonchev–Trinajstić information content (AvgIpc) is 2.65. The van der Waals surface area contributed by atoms with Crippen LogP contribution in [0.5, 0.6) is 0 Å². The summed E-state index contributed by atoms with van der Waals surface area (Å²) in [5, 5.41) is 18.4. The van der Waals surface area contributed by atoms with Gasteiger partial charge in [-0.3, -0.25) is 0 Å². The molecule has 1 aromatic rings. The van der Waals surface area contributed by atoms with Crippen molar-refractivity contribution in [1.29, 1.82) is 0 Å². The van der Waals surface area contributed by atoms with Gasteiger partial charge in [-0.2, -0.15) is 0 Å². The van der Waals surface area contributed by atoms with E-state index in [1.807, 2.05) is 13.0 Å². The van der Waals surface area contributed by atoms with Crippen molar-refractivity contribution in [3.63, 3.8) is 0 Å². The molecular weight excluding hydrogens is 195 g/mol. The first-order chi connectivity index (χ1) is 7.18. The Bertz CT molecular complexity index is 342. The van der Waals surface area contributed by atoms with Crippen LogP contribution in [0.4, 0.5) is 0 Å². The maximum Gasteiger partial charge on any atom is 0.488 e. The average molecular weight is 208 g/mol. The zero-order valence-corrected chi connectivity index (χ0v) is 8.46. The maximum absolute atomic E-state index is 9.18. The van der Waals surface area contributed by atoms with E-state index < -0.39 is 13.4 Å². The van der Waals surface area contributed by atoms with E-state index in [4.69, 9.17) is 9.47 Å². The lowest BCUT2D eigenvalue weighted by Gasteiger charge is -2.14. The second-order valence-electron chi connectivity index (χ2n) is 3.61. The van der Waals surface area contributed by atoms with Crippen molar-refractivity contribution in [2.45, 2.75) is 19.3 Å². The van der Waals surface area contributed by atoms with Gasteiger partial charge in [0.15, 0.2) is 6.29 Å². The molecule has 0 amide bonds. The number of benzene rings is 1. The first-order valence-electron chi connectivity index (χ1n) is 4.90. The van der Waals surface area contributed by atoms with Crippen molar-refractivity contribution in [3.8, 4) is 0 Å². The molecule has 5 heteroatoms. The summed E-state index contributed by atoms with van der Waals surface area (Å²) >= 11 is 0. The van der Waals surface area contributed by atoms with Crippen molar-refractivity contribution < 1.29 is 19.5 Å². The predicted molar refractivity (Wildman–Crippen MR) is 55.5 cm³/mol. The van der Waals surface area contributed by atoms with Crippen LogP contribution in [0.15, 0.2) is 24.3 Å². The van der Waals surface area contributed by atoms with Gasteiger partial charge in [-0.1, -0.05) is 24.3 Å². The molecule has 0 saturated carbocycles. The lowest BCUT2D eigenvalue weighted by atomic mass is 9.77. The highest BCUT2D eigenvalue weighted by Crippen LogP contribution is 2.25. The Labute approximate surface area is 88.6 Å². The Morgan fingerprint density at radius 1 is 1.33 bits per heavy atom. The van der Waals surface area contributed by atoms with E-state index in [1.54, 1.807) is 18.2 Å². The number of hydrogen-bond donors (Lipinski definition) is 2. The molecule has 2 rings (SSSR count). The molecule has 1 aromatic carbocycles. The molecular formula is C10H13BO4. The highest BCUT2D eigenvalue weighted by molar-refractivity contribution is 6.59. The van der Waals surface area contributed by atoms with Gasteiger partial charge in [0, 0.05) is 5.56 Å². The number of ether oxygens (including phenoxy) is 2. The third-order valence-electron chi connectivity index (χ3n) is 2.37. The van der Waals surface area contributed by atoms with Gasteiger partial charge in [0.25, 0.3) is 0 Å². The Balaban J connectivity index is 2.27. The van der Waals surface area contributed by atoms with Crippen molar-refractivity contribution in [3.05, 3.63) is 29.8 Å². The maximum atomic E-state index is 9.18. The molecule has 1 heterocycles. The van der Waals surface area contributed by atoms with Gasteiger partial charge < -0.3 is 19.5 Å². The summed E-state index contributed by atoms with van der Waals surface area (Å²) in [5.74, 6) is 0. The highest BCUT2D eigenvalue weighted by atomic mass is 16.7.